The molecule has 4 rings (SSSR count). The topological polar surface area (TPSA) is 50.2 Å². The number of aromatic nitrogens is 1. The van der Waals surface area contributed by atoms with Gasteiger partial charge in [-0.05, 0) is 47.4 Å². The van der Waals surface area contributed by atoms with Crippen LogP contribution in [0.3, 0.4) is 0 Å². The Labute approximate surface area is 138 Å². The summed E-state index contributed by atoms with van der Waals surface area (Å²) in [5.74, 6) is -0.392. The van der Waals surface area contributed by atoms with Gasteiger partial charge in [-0.2, -0.15) is 0 Å². The number of aromatic carboxylic acids is 1. The first-order valence-electron chi connectivity index (χ1n) is 7.55. The van der Waals surface area contributed by atoms with E-state index in [4.69, 9.17) is 11.6 Å². The van der Waals surface area contributed by atoms with Gasteiger partial charge in [-0.25, -0.2) is 4.79 Å². The molecule has 3 aromatic rings. The Kier molecular flexibility index (Phi) is 3.31. The van der Waals surface area contributed by atoms with Crippen LogP contribution < -0.4 is 0 Å². The van der Waals surface area contributed by atoms with Gasteiger partial charge < -0.3 is 5.11 Å². The van der Waals surface area contributed by atoms with Crippen molar-refractivity contribution in [2.45, 2.75) is 18.8 Å². The number of carbonyl (C=O) groups is 1. The van der Waals surface area contributed by atoms with Gasteiger partial charge in [-0.3, -0.25) is 4.98 Å². The van der Waals surface area contributed by atoms with Crippen molar-refractivity contribution in [2.75, 3.05) is 0 Å². The molecule has 0 radical (unpaired) electrons. The zero-order chi connectivity index (χ0) is 16.0. The Hall–Kier alpha value is -2.39. The fourth-order valence-electron chi connectivity index (χ4n) is 2.90. The Morgan fingerprint density at radius 1 is 1.13 bits per heavy atom. The number of hydrogen-bond acceptors (Lipinski definition) is 2. The molecule has 0 amide bonds. The van der Waals surface area contributed by atoms with Crippen molar-refractivity contribution in [3.63, 3.8) is 0 Å². The predicted molar refractivity (Wildman–Crippen MR) is 91.1 cm³/mol. The fraction of sp³-hybridized carbons (Fsp3) is 0.158. The van der Waals surface area contributed by atoms with Gasteiger partial charge in [0.1, 0.15) is 0 Å². The van der Waals surface area contributed by atoms with Crippen LogP contribution in [0.15, 0.2) is 48.7 Å². The van der Waals surface area contributed by atoms with E-state index >= 15 is 0 Å². The minimum atomic E-state index is -0.929. The molecule has 1 N–H and O–H groups in total. The lowest BCUT2D eigenvalue weighted by molar-refractivity contribution is 0.0697. The third kappa shape index (κ3) is 2.57. The molecule has 2 aromatic carbocycles. The van der Waals surface area contributed by atoms with Gasteiger partial charge in [0.15, 0.2) is 0 Å². The average molecular weight is 324 g/mol. The summed E-state index contributed by atoms with van der Waals surface area (Å²) in [6, 6.07) is 13.1. The number of fused-ring (bicyclic) bond motifs is 1. The monoisotopic (exact) mass is 323 g/mol. The SMILES string of the molecule is O=C(O)c1ccc2cccc(-c3cc(C4CC4)ncc3Cl)c2c1. The van der Waals surface area contributed by atoms with Crippen LogP contribution in [0.2, 0.25) is 5.02 Å². The Morgan fingerprint density at radius 3 is 2.70 bits per heavy atom. The molecule has 3 nitrogen and oxygen atoms in total. The maximum absolute atomic E-state index is 11.3. The van der Waals surface area contributed by atoms with Gasteiger partial charge >= 0.3 is 5.97 Å². The van der Waals surface area contributed by atoms with Gasteiger partial charge in [0, 0.05) is 23.4 Å². The van der Waals surface area contributed by atoms with Crippen molar-refractivity contribution in [1.29, 1.82) is 0 Å². The quantitative estimate of drug-likeness (QED) is 0.726. The second kappa shape index (κ2) is 5.36. The first kappa shape index (κ1) is 14.2. The maximum atomic E-state index is 11.3. The molecule has 0 aliphatic heterocycles. The number of carboxylic acid groups (broad SMARTS) is 1. The van der Waals surface area contributed by atoms with Gasteiger partial charge in [-0.15, -0.1) is 0 Å². The number of pyridine rings is 1. The minimum Gasteiger partial charge on any atom is -0.478 e. The van der Waals surface area contributed by atoms with E-state index in [0.29, 0.717) is 10.9 Å². The van der Waals surface area contributed by atoms with Gasteiger partial charge in [-0.1, -0.05) is 35.9 Å². The number of benzene rings is 2. The van der Waals surface area contributed by atoms with E-state index in [0.717, 1.165) is 27.6 Å². The van der Waals surface area contributed by atoms with Crippen molar-refractivity contribution in [2.24, 2.45) is 0 Å². The molecule has 1 saturated carbocycles. The highest BCUT2D eigenvalue weighted by Gasteiger charge is 2.25. The van der Waals surface area contributed by atoms with Crippen molar-refractivity contribution in [3.8, 4) is 11.1 Å². The van der Waals surface area contributed by atoms with Crippen molar-refractivity contribution in [1.82, 2.24) is 4.98 Å². The second-order valence-corrected chi connectivity index (χ2v) is 6.32. The van der Waals surface area contributed by atoms with Crippen molar-refractivity contribution < 1.29 is 9.90 Å². The van der Waals surface area contributed by atoms with Gasteiger partial charge in [0.25, 0.3) is 0 Å². The maximum Gasteiger partial charge on any atom is 0.335 e. The van der Waals surface area contributed by atoms with Crippen molar-refractivity contribution in [3.05, 3.63) is 64.9 Å². The summed E-state index contributed by atoms with van der Waals surface area (Å²) in [7, 11) is 0. The van der Waals surface area contributed by atoms with E-state index in [9.17, 15) is 9.90 Å². The van der Waals surface area contributed by atoms with E-state index in [1.54, 1.807) is 18.3 Å². The van der Waals surface area contributed by atoms with E-state index < -0.39 is 5.97 Å². The molecule has 0 atom stereocenters. The normalized spacial score (nSPS) is 14.1. The highest BCUT2D eigenvalue weighted by Crippen LogP contribution is 2.42. The van der Waals surface area contributed by atoms with E-state index in [-0.39, 0.29) is 5.56 Å². The zero-order valence-corrected chi connectivity index (χ0v) is 13.0. The molecule has 0 spiro atoms. The lowest BCUT2D eigenvalue weighted by atomic mass is 9.96. The molecule has 114 valence electrons. The average Bonchev–Trinajstić information content (AvgIpc) is 3.39. The molecule has 23 heavy (non-hydrogen) atoms. The predicted octanol–water partition coefficient (Wildman–Crippen LogP) is 5.13. The van der Waals surface area contributed by atoms with Gasteiger partial charge in [0.05, 0.1) is 10.6 Å². The molecular weight excluding hydrogens is 310 g/mol. The number of hydrogen-bond donors (Lipinski definition) is 1. The molecule has 4 heteroatoms. The van der Waals surface area contributed by atoms with Crippen LogP contribution in [0.25, 0.3) is 21.9 Å². The third-order valence-electron chi connectivity index (χ3n) is 4.29. The highest BCUT2D eigenvalue weighted by molar-refractivity contribution is 6.33. The van der Waals surface area contributed by atoms with Crippen molar-refractivity contribution >= 4 is 28.3 Å². The Bertz CT molecular complexity index is 932. The fourth-order valence-corrected chi connectivity index (χ4v) is 3.11. The smallest absolute Gasteiger partial charge is 0.335 e. The largest absolute Gasteiger partial charge is 0.478 e. The summed E-state index contributed by atoms with van der Waals surface area (Å²) in [6.45, 7) is 0. The minimum absolute atomic E-state index is 0.276. The van der Waals surface area contributed by atoms with Crippen LogP contribution in [0.4, 0.5) is 0 Å². The molecule has 1 aliphatic carbocycles. The number of nitrogens with zero attached hydrogens (tertiary/aromatic N) is 1. The molecule has 1 aromatic heterocycles. The van der Waals surface area contributed by atoms with Crippen LogP contribution in [-0.4, -0.2) is 16.1 Å². The first-order valence-corrected chi connectivity index (χ1v) is 7.93. The molecule has 0 bridgehead atoms. The van der Waals surface area contributed by atoms with E-state index in [2.05, 4.69) is 4.98 Å². The Morgan fingerprint density at radius 2 is 1.96 bits per heavy atom. The summed E-state index contributed by atoms with van der Waals surface area (Å²) in [4.78, 5) is 15.7. The standard InChI is InChI=1S/C19H14ClNO2/c20-17-10-21-18(12-5-6-12)9-16(17)14-3-1-2-11-4-7-13(19(22)23)8-15(11)14/h1-4,7-10,12H,5-6H2,(H,22,23). The summed E-state index contributed by atoms with van der Waals surface area (Å²) in [5.41, 5.74) is 3.20. The summed E-state index contributed by atoms with van der Waals surface area (Å²) in [5, 5.41) is 11.7. The number of halogens is 1. The van der Waals surface area contributed by atoms with Crippen LogP contribution in [0.5, 0.6) is 0 Å². The van der Waals surface area contributed by atoms with Crippen LogP contribution in [-0.2, 0) is 0 Å². The van der Waals surface area contributed by atoms with Gasteiger partial charge in [0.2, 0.25) is 0 Å². The number of carboxylic acids is 1. The molecular formula is C19H14ClNO2. The molecule has 1 fully saturated rings. The molecule has 1 heterocycles. The highest BCUT2D eigenvalue weighted by atomic mass is 35.5. The van der Waals surface area contributed by atoms with Crippen LogP contribution >= 0.6 is 11.6 Å². The molecule has 1 aliphatic rings. The Balaban J connectivity index is 1.96. The second-order valence-electron chi connectivity index (χ2n) is 5.91. The summed E-state index contributed by atoms with van der Waals surface area (Å²) in [6.07, 6.45) is 4.05. The van der Waals surface area contributed by atoms with E-state index in [1.165, 1.54) is 12.8 Å². The van der Waals surface area contributed by atoms with E-state index in [1.807, 2.05) is 30.3 Å². The molecule has 0 saturated heterocycles. The lowest BCUT2D eigenvalue weighted by Crippen LogP contribution is -1.96. The zero-order valence-electron chi connectivity index (χ0n) is 12.3. The van der Waals surface area contributed by atoms with Crippen LogP contribution in [0.1, 0.15) is 34.8 Å². The number of rotatable bonds is 3. The summed E-state index contributed by atoms with van der Waals surface area (Å²) < 4.78 is 0. The molecule has 0 unspecified atom stereocenters. The summed E-state index contributed by atoms with van der Waals surface area (Å²) >= 11 is 6.38. The lowest BCUT2D eigenvalue weighted by Gasteiger charge is -2.11. The first-order chi connectivity index (χ1) is 11.1. The third-order valence-corrected chi connectivity index (χ3v) is 4.59. The van der Waals surface area contributed by atoms with Crippen LogP contribution in [0, 0.1) is 0 Å².